The quantitative estimate of drug-likeness (QED) is 0.720. The van der Waals surface area contributed by atoms with E-state index in [1.54, 1.807) is 48.8 Å². The van der Waals surface area contributed by atoms with Crippen molar-refractivity contribution in [1.82, 2.24) is 4.98 Å². The summed E-state index contributed by atoms with van der Waals surface area (Å²) < 4.78 is 16.1. The molecule has 1 aromatic heterocycles. The van der Waals surface area contributed by atoms with Gasteiger partial charge in [-0.15, -0.1) is 0 Å². The van der Waals surface area contributed by atoms with Crippen molar-refractivity contribution in [2.24, 2.45) is 0 Å². The molecule has 0 bridgehead atoms. The number of amides is 1. The molecular formula is C17H20N2O4. The molecule has 2 aromatic rings. The molecule has 122 valence electrons. The van der Waals surface area contributed by atoms with E-state index < -0.39 is 0 Å². The van der Waals surface area contributed by atoms with Crippen molar-refractivity contribution in [3.8, 4) is 11.5 Å². The Morgan fingerprint density at radius 2 is 1.65 bits per heavy atom. The van der Waals surface area contributed by atoms with Crippen LogP contribution in [0.3, 0.4) is 0 Å². The Bertz CT molecular complexity index is 587. The van der Waals surface area contributed by atoms with Gasteiger partial charge in [-0.25, -0.2) is 0 Å². The topological polar surface area (TPSA) is 69.7 Å². The Morgan fingerprint density at radius 1 is 1.00 bits per heavy atom. The Labute approximate surface area is 135 Å². The molecule has 1 N–H and O–H groups in total. The van der Waals surface area contributed by atoms with Gasteiger partial charge in [-0.3, -0.25) is 9.78 Å². The zero-order chi connectivity index (χ0) is 16.3. The SMILES string of the molecule is CCOCCOc1ccc(OCC(=O)Nc2ccncc2)cc1. The lowest BCUT2D eigenvalue weighted by molar-refractivity contribution is -0.118. The second-order valence-electron chi connectivity index (χ2n) is 4.59. The van der Waals surface area contributed by atoms with Crippen LogP contribution < -0.4 is 14.8 Å². The normalized spacial score (nSPS) is 10.1. The van der Waals surface area contributed by atoms with Gasteiger partial charge in [0.25, 0.3) is 5.91 Å². The molecule has 1 aromatic carbocycles. The number of carbonyl (C=O) groups is 1. The lowest BCUT2D eigenvalue weighted by atomic mass is 10.3. The minimum atomic E-state index is -0.228. The molecule has 0 aliphatic heterocycles. The number of pyridine rings is 1. The lowest BCUT2D eigenvalue weighted by Gasteiger charge is -2.09. The highest BCUT2D eigenvalue weighted by atomic mass is 16.5. The highest BCUT2D eigenvalue weighted by molar-refractivity contribution is 5.91. The monoisotopic (exact) mass is 316 g/mol. The summed E-state index contributed by atoms with van der Waals surface area (Å²) in [6, 6.07) is 10.5. The predicted molar refractivity (Wildman–Crippen MR) is 86.8 cm³/mol. The van der Waals surface area contributed by atoms with Crippen LogP contribution in [-0.4, -0.2) is 37.3 Å². The van der Waals surface area contributed by atoms with E-state index in [0.717, 1.165) is 5.75 Å². The van der Waals surface area contributed by atoms with Crippen molar-refractivity contribution in [3.63, 3.8) is 0 Å². The summed E-state index contributed by atoms with van der Waals surface area (Å²) >= 11 is 0. The molecule has 1 amide bonds. The van der Waals surface area contributed by atoms with Gasteiger partial charge in [0.1, 0.15) is 18.1 Å². The first-order chi connectivity index (χ1) is 11.3. The molecule has 6 heteroatoms. The van der Waals surface area contributed by atoms with Crippen molar-refractivity contribution < 1.29 is 19.0 Å². The summed E-state index contributed by atoms with van der Waals surface area (Å²) in [6.45, 7) is 3.62. The Balaban J connectivity index is 1.72. The molecule has 0 aliphatic carbocycles. The van der Waals surface area contributed by atoms with Gasteiger partial charge >= 0.3 is 0 Å². The standard InChI is InChI=1S/C17H20N2O4/c1-2-21-11-12-22-15-3-5-16(6-4-15)23-13-17(20)19-14-7-9-18-10-8-14/h3-10H,2,11-13H2,1H3,(H,18,19,20). The van der Waals surface area contributed by atoms with Gasteiger partial charge in [-0.05, 0) is 43.3 Å². The van der Waals surface area contributed by atoms with E-state index in [4.69, 9.17) is 14.2 Å². The summed E-state index contributed by atoms with van der Waals surface area (Å²) in [4.78, 5) is 15.6. The first-order valence-electron chi connectivity index (χ1n) is 7.41. The molecule has 0 fully saturated rings. The fourth-order valence-corrected chi connectivity index (χ4v) is 1.78. The number of rotatable bonds is 9. The number of anilines is 1. The van der Waals surface area contributed by atoms with Crippen molar-refractivity contribution in [2.75, 3.05) is 31.7 Å². The second-order valence-corrected chi connectivity index (χ2v) is 4.59. The van der Waals surface area contributed by atoms with Gasteiger partial charge in [0, 0.05) is 24.7 Å². The van der Waals surface area contributed by atoms with E-state index in [2.05, 4.69) is 10.3 Å². The molecule has 0 saturated carbocycles. The van der Waals surface area contributed by atoms with Crippen molar-refractivity contribution in [3.05, 3.63) is 48.8 Å². The van der Waals surface area contributed by atoms with Gasteiger partial charge in [0.05, 0.1) is 6.61 Å². The smallest absolute Gasteiger partial charge is 0.262 e. The Kier molecular flexibility index (Phi) is 6.87. The number of aromatic nitrogens is 1. The van der Waals surface area contributed by atoms with Crippen LogP contribution in [0.5, 0.6) is 11.5 Å². The fraction of sp³-hybridized carbons (Fsp3) is 0.294. The molecule has 0 radical (unpaired) electrons. The van der Waals surface area contributed by atoms with Crippen LogP contribution in [0, 0.1) is 0 Å². The number of ether oxygens (including phenoxy) is 3. The van der Waals surface area contributed by atoms with Crippen LogP contribution in [0.2, 0.25) is 0 Å². The van der Waals surface area contributed by atoms with Gasteiger partial charge in [-0.2, -0.15) is 0 Å². The molecule has 0 aliphatic rings. The number of nitrogens with zero attached hydrogens (tertiary/aromatic N) is 1. The van der Waals surface area contributed by atoms with Crippen molar-refractivity contribution >= 4 is 11.6 Å². The van der Waals surface area contributed by atoms with Gasteiger partial charge < -0.3 is 19.5 Å². The number of carbonyl (C=O) groups excluding carboxylic acids is 1. The Morgan fingerprint density at radius 3 is 2.30 bits per heavy atom. The minimum Gasteiger partial charge on any atom is -0.491 e. The Hall–Kier alpha value is -2.60. The molecular weight excluding hydrogens is 296 g/mol. The third-order valence-corrected chi connectivity index (χ3v) is 2.86. The summed E-state index contributed by atoms with van der Waals surface area (Å²) in [7, 11) is 0. The van der Waals surface area contributed by atoms with Crippen LogP contribution in [-0.2, 0) is 9.53 Å². The van der Waals surface area contributed by atoms with Crippen LogP contribution in [0.4, 0.5) is 5.69 Å². The van der Waals surface area contributed by atoms with Crippen LogP contribution in [0.1, 0.15) is 6.92 Å². The van der Waals surface area contributed by atoms with Gasteiger partial charge in [-0.1, -0.05) is 0 Å². The lowest BCUT2D eigenvalue weighted by Crippen LogP contribution is -2.20. The van der Waals surface area contributed by atoms with Gasteiger partial charge in [0.2, 0.25) is 0 Å². The van der Waals surface area contributed by atoms with E-state index in [-0.39, 0.29) is 12.5 Å². The number of nitrogens with one attached hydrogen (secondary N) is 1. The van der Waals surface area contributed by atoms with Crippen LogP contribution in [0.15, 0.2) is 48.8 Å². The maximum atomic E-state index is 11.8. The molecule has 2 rings (SSSR count). The third-order valence-electron chi connectivity index (χ3n) is 2.86. The molecule has 0 saturated heterocycles. The summed E-state index contributed by atoms with van der Waals surface area (Å²) in [6.07, 6.45) is 3.22. The van der Waals surface area contributed by atoms with Crippen LogP contribution >= 0.6 is 0 Å². The summed E-state index contributed by atoms with van der Waals surface area (Å²) in [5.41, 5.74) is 0.687. The second kappa shape index (κ2) is 9.42. The predicted octanol–water partition coefficient (Wildman–Crippen LogP) is 2.51. The third kappa shape index (κ3) is 6.36. The summed E-state index contributed by atoms with van der Waals surface area (Å²) in [5, 5.41) is 2.72. The average Bonchev–Trinajstić information content (AvgIpc) is 2.59. The van der Waals surface area contributed by atoms with E-state index in [1.165, 1.54) is 0 Å². The zero-order valence-electron chi connectivity index (χ0n) is 13.0. The highest BCUT2D eigenvalue weighted by Crippen LogP contribution is 2.17. The van der Waals surface area contributed by atoms with E-state index in [1.807, 2.05) is 6.92 Å². The largest absolute Gasteiger partial charge is 0.491 e. The molecule has 0 unspecified atom stereocenters. The first kappa shape index (κ1) is 16.8. The fourth-order valence-electron chi connectivity index (χ4n) is 1.78. The van der Waals surface area contributed by atoms with Gasteiger partial charge in [0.15, 0.2) is 6.61 Å². The van der Waals surface area contributed by atoms with E-state index in [9.17, 15) is 4.79 Å². The summed E-state index contributed by atoms with van der Waals surface area (Å²) in [5.74, 6) is 1.11. The zero-order valence-corrected chi connectivity index (χ0v) is 13.0. The molecule has 0 spiro atoms. The van der Waals surface area contributed by atoms with Crippen LogP contribution in [0.25, 0.3) is 0 Å². The highest BCUT2D eigenvalue weighted by Gasteiger charge is 2.04. The number of benzene rings is 1. The molecule has 6 nitrogen and oxygen atoms in total. The average molecular weight is 316 g/mol. The molecule has 23 heavy (non-hydrogen) atoms. The van der Waals surface area contributed by atoms with E-state index in [0.29, 0.717) is 31.3 Å². The van der Waals surface area contributed by atoms with E-state index >= 15 is 0 Å². The maximum absolute atomic E-state index is 11.8. The maximum Gasteiger partial charge on any atom is 0.262 e. The number of hydrogen-bond donors (Lipinski definition) is 1. The minimum absolute atomic E-state index is 0.0626. The molecule has 1 heterocycles. The van der Waals surface area contributed by atoms with Crippen molar-refractivity contribution in [2.45, 2.75) is 6.92 Å². The first-order valence-corrected chi connectivity index (χ1v) is 7.41. The molecule has 0 atom stereocenters. The van der Waals surface area contributed by atoms with Crippen molar-refractivity contribution in [1.29, 1.82) is 0 Å². The number of hydrogen-bond acceptors (Lipinski definition) is 5.